The van der Waals surface area contributed by atoms with E-state index in [1.54, 1.807) is 4.90 Å². The molecular formula is C15H20N2O3S. The van der Waals surface area contributed by atoms with Crippen LogP contribution in [-0.2, 0) is 10.5 Å². The molecule has 0 aromatic heterocycles. The Morgan fingerprint density at radius 1 is 1.38 bits per heavy atom. The number of hydrogen-bond donors (Lipinski definition) is 2. The zero-order valence-electron chi connectivity index (χ0n) is 12.0. The van der Waals surface area contributed by atoms with Crippen molar-refractivity contribution in [2.24, 2.45) is 5.92 Å². The van der Waals surface area contributed by atoms with Gasteiger partial charge in [-0.05, 0) is 29.9 Å². The molecule has 2 rings (SSSR count). The predicted octanol–water partition coefficient (Wildman–Crippen LogP) is 2.88. The van der Waals surface area contributed by atoms with Gasteiger partial charge in [0.05, 0.1) is 5.92 Å². The quantitative estimate of drug-likeness (QED) is 0.877. The van der Waals surface area contributed by atoms with Crippen molar-refractivity contribution in [3.05, 3.63) is 29.8 Å². The molecule has 1 aliphatic rings. The molecule has 1 aliphatic heterocycles. The number of nitrogens with one attached hydrogen (secondary N) is 1. The van der Waals surface area contributed by atoms with Crippen molar-refractivity contribution in [2.45, 2.75) is 19.1 Å². The molecule has 1 saturated heterocycles. The van der Waals surface area contributed by atoms with Crippen molar-refractivity contribution in [1.29, 1.82) is 0 Å². The Morgan fingerprint density at radius 3 is 2.67 bits per heavy atom. The number of carboxylic acid groups (broad SMARTS) is 1. The highest BCUT2D eigenvalue weighted by Gasteiger charge is 2.30. The lowest BCUT2D eigenvalue weighted by atomic mass is 10.1. The first kappa shape index (κ1) is 15.7. The second-order valence-electron chi connectivity index (χ2n) is 5.03. The Kier molecular flexibility index (Phi) is 5.50. The van der Waals surface area contributed by atoms with Gasteiger partial charge in [-0.3, -0.25) is 4.79 Å². The summed E-state index contributed by atoms with van der Waals surface area (Å²) in [5.74, 6) is 0.780. The maximum atomic E-state index is 12.1. The van der Waals surface area contributed by atoms with Crippen LogP contribution in [-0.4, -0.2) is 40.8 Å². The fraction of sp³-hybridized carbons (Fsp3) is 0.467. The zero-order chi connectivity index (χ0) is 15.2. The number of aliphatic carboxylic acids is 1. The molecule has 1 heterocycles. The van der Waals surface area contributed by atoms with Crippen LogP contribution in [0.3, 0.4) is 0 Å². The van der Waals surface area contributed by atoms with E-state index in [0.717, 1.165) is 17.2 Å². The monoisotopic (exact) mass is 308 g/mol. The smallest absolute Gasteiger partial charge is 0.321 e. The highest BCUT2D eigenvalue weighted by Crippen LogP contribution is 2.19. The van der Waals surface area contributed by atoms with Crippen molar-refractivity contribution in [2.75, 3.05) is 24.2 Å². The minimum absolute atomic E-state index is 0.227. The number of hydrogen-bond acceptors (Lipinski definition) is 3. The molecule has 1 unspecified atom stereocenters. The second kappa shape index (κ2) is 7.36. The van der Waals surface area contributed by atoms with Gasteiger partial charge in [-0.15, -0.1) is 0 Å². The highest BCUT2D eigenvalue weighted by atomic mass is 32.2. The van der Waals surface area contributed by atoms with E-state index in [0.29, 0.717) is 13.0 Å². The molecular weight excluding hydrogens is 288 g/mol. The molecule has 1 atom stereocenters. The van der Waals surface area contributed by atoms with Gasteiger partial charge in [0, 0.05) is 24.5 Å². The van der Waals surface area contributed by atoms with Gasteiger partial charge in [-0.1, -0.05) is 19.1 Å². The van der Waals surface area contributed by atoms with E-state index in [1.807, 2.05) is 36.0 Å². The molecule has 0 radical (unpaired) electrons. The molecule has 21 heavy (non-hydrogen) atoms. The van der Waals surface area contributed by atoms with E-state index < -0.39 is 11.9 Å². The average molecular weight is 308 g/mol. The predicted molar refractivity (Wildman–Crippen MR) is 84.6 cm³/mol. The SMILES string of the molecule is CCSCc1ccc(NC(=O)N2CCC(C(=O)O)C2)cc1. The number of amides is 2. The first-order chi connectivity index (χ1) is 10.1. The molecule has 0 aliphatic carbocycles. The lowest BCUT2D eigenvalue weighted by Gasteiger charge is -2.16. The summed E-state index contributed by atoms with van der Waals surface area (Å²) in [6, 6.07) is 7.54. The number of thioether (sulfide) groups is 1. The molecule has 0 spiro atoms. The number of anilines is 1. The van der Waals surface area contributed by atoms with Crippen molar-refractivity contribution < 1.29 is 14.7 Å². The van der Waals surface area contributed by atoms with Crippen LogP contribution in [0.1, 0.15) is 18.9 Å². The van der Waals surface area contributed by atoms with Gasteiger partial charge in [-0.2, -0.15) is 11.8 Å². The first-order valence-electron chi connectivity index (χ1n) is 7.05. The van der Waals surface area contributed by atoms with Crippen LogP contribution >= 0.6 is 11.8 Å². The van der Waals surface area contributed by atoms with E-state index in [1.165, 1.54) is 5.56 Å². The van der Waals surface area contributed by atoms with Crippen LogP contribution in [0.5, 0.6) is 0 Å². The molecule has 2 amide bonds. The Bertz CT molecular complexity index is 504. The number of benzene rings is 1. The largest absolute Gasteiger partial charge is 0.481 e. The van der Waals surface area contributed by atoms with Crippen molar-refractivity contribution in [3.63, 3.8) is 0 Å². The normalized spacial score (nSPS) is 17.8. The number of carboxylic acids is 1. The van der Waals surface area contributed by atoms with Gasteiger partial charge < -0.3 is 15.3 Å². The lowest BCUT2D eigenvalue weighted by molar-refractivity contribution is -0.141. The minimum Gasteiger partial charge on any atom is -0.481 e. The molecule has 0 bridgehead atoms. The average Bonchev–Trinajstić information content (AvgIpc) is 2.97. The van der Waals surface area contributed by atoms with Gasteiger partial charge in [0.15, 0.2) is 0 Å². The van der Waals surface area contributed by atoms with Crippen LogP contribution < -0.4 is 5.32 Å². The lowest BCUT2D eigenvalue weighted by Crippen LogP contribution is -2.33. The number of carbonyl (C=O) groups excluding carboxylic acids is 1. The van der Waals surface area contributed by atoms with Crippen molar-refractivity contribution >= 4 is 29.4 Å². The first-order valence-corrected chi connectivity index (χ1v) is 8.21. The molecule has 0 saturated carbocycles. The number of nitrogens with zero attached hydrogens (tertiary/aromatic N) is 1. The molecule has 1 aromatic carbocycles. The Labute approximate surface area is 128 Å². The van der Waals surface area contributed by atoms with Gasteiger partial charge in [0.25, 0.3) is 0 Å². The summed E-state index contributed by atoms with van der Waals surface area (Å²) in [7, 11) is 0. The zero-order valence-corrected chi connectivity index (χ0v) is 12.9. The van der Waals surface area contributed by atoms with E-state index in [-0.39, 0.29) is 12.6 Å². The number of rotatable bonds is 5. The fourth-order valence-corrected chi connectivity index (χ4v) is 2.89. The van der Waals surface area contributed by atoms with Gasteiger partial charge in [-0.25, -0.2) is 4.79 Å². The van der Waals surface area contributed by atoms with E-state index in [2.05, 4.69) is 12.2 Å². The van der Waals surface area contributed by atoms with Crippen molar-refractivity contribution in [1.82, 2.24) is 4.90 Å². The van der Waals surface area contributed by atoms with Gasteiger partial charge >= 0.3 is 12.0 Å². The summed E-state index contributed by atoms with van der Waals surface area (Å²) in [5.41, 5.74) is 1.97. The molecule has 2 N–H and O–H groups in total. The van der Waals surface area contributed by atoms with Crippen LogP contribution in [0.25, 0.3) is 0 Å². The highest BCUT2D eigenvalue weighted by molar-refractivity contribution is 7.98. The fourth-order valence-electron chi connectivity index (χ4n) is 2.25. The standard InChI is InChI=1S/C15H20N2O3S/c1-2-21-10-11-3-5-13(6-4-11)16-15(20)17-8-7-12(9-17)14(18)19/h3-6,12H,2,7-10H2,1H3,(H,16,20)(H,18,19). The summed E-state index contributed by atoms with van der Waals surface area (Å²) in [4.78, 5) is 24.5. The summed E-state index contributed by atoms with van der Waals surface area (Å²) in [6.07, 6.45) is 0.524. The third-order valence-corrected chi connectivity index (χ3v) is 4.45. The van der Waals surface area contributed by atoms with E-state index in [4.69, 9.17) is 5.11 Å². The van der Waals surface area contributed by atoms with Crippen LogP contribution in [0.4, 0.5) is 10.5 Å². The Balaban J connectivity index is 1.87. The Hall–Kier alpha value is -1.69. The van der Waals surface area contributed by atoms with E-state index in [9.17, 15) is 9.59 Å². The van der Waals surface area contributed by atoms with E-state index >= 15 is 0 Å². The second-order valence-corrected chi connectivity index (χ2v) is 6.31. The third kappa shape index (κ3) is 4.39. The summed E-state index contributed by atoms with van der Waals surface area (Å²) >= 11 is 1.85. The molecule has 5 nitrogen and oxygen atoms in total. The maximum Gasteiger partial charge on any atom is 0.321 e. The summed E-state index contributed by atoms with van der Waals surface area (Å²) < 4.78 is 0. The topological polar surface area (TPSA) is 69.6 Å². The number of urea groups is 1. The summed E-state index contributed by atoms with van der Waals surface area (Å²) in [5, 5.41) is 11.8. The van der Waals surface area contributed by atoms with Crippen molar-refractivity contribution in [3.8, 4) is 0 Å². The maximum absolute atomic E-state index is 12.1. The Morgan fingerprint density at radius 2 is 2.10 bits per heavy atom. The molecule has 1 aromatic rings. The van der Waals surface area contributed by atoms with Crippen LogP contribution in [0.15, 0.2) is 24.3 Å². The summed E-state index contributed by atoms with van der Waals surface area (Å²) in [6.45, 7) is 2.90. The number of likely N-dealkylation sites (tertiary alicyclic amines) is 1. The minimum atomic E-state index is -0.830. The van der Waals surface area contributed by atoms with Crippen LogP contribution in [0.2, 0.25) is 0 Å². The third-order valence-electron chi connectivity index (χ3n) is 3.50. The number of carbonyl (C=O) groups is 2. The molecule has 1 fully saturated rings. The molecule has 6 heteroatoms. The van der Waals surface area contributed by atoms with Crippen LogP contribution in [0, 0.1) is 5.92 Å². The molecule has 114 valence electrons. The van der Waals surface area contributed by atoms with Gasteiger partial charge in [0.2, 0.25) is 0 Å². The van der Waals surface area contributed by atoms with Gasteiger partial charge in [0.1, 0.15) is 0 Å².